The molecule has 23 heavy (non-hydrogen) atoms. The number of nitrogens with one attached hydrogen (secondary N) is 1. The molecule has 0 bridgehead atoms. The molecule has 8 heteroatoms. The molecule has 2 heterocycles. The summed E-state index contributed by atoms with van der Waals surface area (Å²) in [5, 5.41) is 3.26. The standard InChI is InChI=1S/C15H20N4O2S.ClH/c1-12-5-3-4-6-14(12)22(20,21)19-10-7-16-11-13(19)15-17-8-9-18(15)2;/h3-6,8-9,13,16H,7,10-11H2,1-2H3;1H. The normalized spacial score (nSPS) is 19.3. The largest absolute Gasteiger partial charge is 0.337 e. The molecule has 1 aromatic heterocycles. The zero-order chi connectivity index (χ0) is 15.7. The lowest BCUT2D eigenvalue weighted by Gasteiger charge is -2.35. The van der Waals surface area contributed by atoms with Crippen LogP contribution in [0.4, 0.5) is 0 Å². The smallest absolute Gasteiger partial charge is 0.244 e. The van der Waals surface area contributed by atoms with E-state index >= 15 is 0 Å². The van der Waals surface area contributed by atoms with Crippen LogP contribution in [-0.2, 0) is 17.1 Å². The van der Waals surface area contributed by atoms with Gasteiger partial charge in [-0.1, -0.05) is 18.2 Å². The van der Waals surface area contributed by atoms with Crippen molar-refractivity contribution in [3.05, 3.63) is 48.0 Å². The summed E-state index contributed by atoms with van der Waals surface area (Å²) in [5.41, 5.74) is 0.764. The second kappa shape index (κ2) is 7.00. The van der Waals surface area contributed by atoms with Crippen molar-refractivity contribution in [2.45, 2.75) is 17.9 Å². The Labute approximate surface area is 143 Å². The van der Waals surface area contributed by atoms with Crippen LogP contribution in [0.1, 0.15) is 17.4 Å². The topological polar surface area (TPSA) is 67.2 Å². The first-order chi connectivity index (χ1) is 10.5. The van der Waals surface area contributed by atoms with Gasteiger partial charge in [0.05, 0.1) is 10.9 Å². The number of hydrogen-bond acceptors (Lipinski definition) is 4. The lowest BCUT2D eigenvalue weighted by Crippen LogP contribution is -2.49. The van der Waals surface area contributed by atoms with Crippen LogP contribution in [0.2, 0.25) is 0 Å². The van der Waals surface area contributed by atoms with Crippen molar-refractivity contribution < 1.29 is 8.42 Å². The molecule has 1 atom stereocenters. The zero-order valence-electron chi connectivity index (χ0n) is 13.1. The third-order valence-electron chi connectivity index (χ3n) is 4.03. The van der Waals surface area contributed by atoms with Crippen molar-refractivity contribution in [1.29, 1.82) is 0 Å². The molecule has 0 amide bonds. The molecule has 126 valence electrons. The highest BCUT2D eigenvalue weighted by atomic mass is 35.5. The van der Waals surface area contributed by atoms with Crippen LogP contribution in [0.3, 0.4) is 0 Å². The van der Waals surface area contributed by atoms with Crippen LogP contribution < -0.4 is 5.32 Å². The first kappa shape index (κ1) is 17.9. The van der Waals surface area contributed by atoms with Crippen LogP contribution in [0.5, 0.6) is 0 Å². The first-order valence-corrected chi connectivity index (χ1v) is 8.71. The molecule has 1 aliphatic rings. The van der Waals surface area contributed by atoms with Crippen LogP contribution in [-0.4, -0.2) is 41.9 Å². The molecular weight excluding hydrogens is 336 g/mol. The van der Waals surface area contributed by atoms with E-state index in [1.807, 2.05) is 36.9 Å². The van der Waals surface area contributed by atoms with Crippen LogP contribution in [0.25, 0.3) is 0 Å². The summed E-state index contributed by atoms with van der Waals surface area (Å²) in [6.07, 6.45) is 3.53. The Hall–Kier alpha value is -1.41. The number of halogens is 1. The van der Waals surface area contributed by atoms with E-state index in [9.17, 15) is 8.42 Å². The summed E-state index contributed by atoms with van der Waals surface area (Å²) in [6, 6.07) is 6.81. The fourth-order valence-electron chi connectivity index (χ4n) is 2.86. The average molecular weight is 357 g/mol. The van der Waals surface area contributed by atoms with Gasteiger partial charge in [0.1, 0.15) is 5.82 Å². The minimum atomic E-state index is -3.54. The van der Waals surface area contributed by atoms with Gasteiger partial charge in [-0.15, -0.1) is 12.4 Å². The lowest BCUT2D eigenvalue weighted by molar-refractivity contribution is 0.258. The van der Waals surface area contributed by atoms with Crippen molar-refractivity contribution >= 4 is 22.4 Å². The Bertz CT molecular complexity index is 775. The van der Waals surface area contributed by atoms with E-state index in [2.05, 4.69) is 10.3 Å². The Morgan fingerprint density at radius 2 is 2.04 bits per heavy atom. The molecule has 2 aromatic rings. The highest BCUT2D eigenvalue weighted by molar-refractivity contribution is 7.89. The van der Waals surface area contributed by atoms with Crippen LogP contribution >= 0.6 is 12.4 Å². The van der Waals surface area contributed by atoms with E-state index in [4.69, 9.17) is 0 Å². The van der Waals surface area contributed by atoms with E-state index in [0.717, 1.165) is 11.4 Å². The van der Waals surface area contributed by atoms with E-state index in [-0.39, 0.29) is 18.4 Å². The zero-order valence-corrected chi connectivity index (χ0v) is 14.8. The maximum absolute atomic E-state index is 13.1. The van der Waals surface area contributed by atoms with Gasteiger partial charge in [0, 0.05) is 39.1 Å². The monoisotopic (exact) mass is 356 g/mol. The first-order valence-electron chi connectivity index (χ1n) is 7.27. The summed E-state index contributed by atoms with van der Waals surface area (Å²) < 4.78 is 29.6. The van der Waals surface area contributed by atoms with Crippen LogP contribution in [0, 0.1) is 6.92 Å². The molecule has 0 radical (unpaired) electrons. The Morgan fingerprint density at radius 1 is 1.30 bits per heavy atom. The van der Waals surface area contributed by atoms with E-state index in [0.29, 0.717) is 24.5 Å². The lowest BCUT2D eigenvalue weighted by atomic mass is 10.2. The minimum Gasteiger partial charge on any atom is -0.337 e. The minimum absolute atomic E-state index is 0. The SMILES string of the molecule is Cc1ccccc1S(=O)(=O)N1CCNCC1c1nccn1C.Cl. The molecule has 0 saturated carbocycles. The maximum atomic E-state index is 13.1. The Balaban J connectivity index is 0.00000192. The van der Waals surface area contributed by atoms with Crippen LogP contribution in [0.15, 0.2) is 41.6 Å². The van der Waals surface area contributed by atoms with E-state index in [1.54, 1.807) is 22.6 Å². The van der Waals surface area contributed by atoms with Crippen molar-refractivity contribution in [2.75, 3.05) is 19.6 Å². The van der Waals surface area contributed by atoms with Gasteiger partial charge in [-0.05, 0) is 18.6 Å². The molecular formula is C15H21ClN4O2S. The summed E-state index contributed by atoms with van der Waals surface area (Å²) in [5.74, 6) is 0.754. The van der Waals surface area contributed by atoms with Gasteiger partial charge < -0.3 is 9.88 Å². The predicted octanol–water partition coefficient (Wildman–Crippen LogP) is 1.49. The fraction of sp³-hybridized carbons (Fsp3) is 0.400. The van der Waals surface area contributed by atoms with Gasteiger partial charge in [-0.2, -0.15) is 4.31 Å². The third kappa shape index (κ3) is 3.28. The fourth-order valence-corrected chi connectivity index (χ4v) is 4.68. The second-order valence-corrected chi connectivity index (χ2v) is 7.36. The number of aryl methyl sites for hydroxylation is 2. The Morgan fingerprint density at radius 3 is 2.70 bits per heavy atom. The molecule has 1 aromatic carbocycles. The van der Waals surface area contributed by atoms with Gasteiger partial charge in [0.2, 0.25) is 10.0 Å². The van der Waals surface area contributed by atoms with Gasteiger partial charge in [0.15, 0.2) is 0 Å². The van der Waals surface area contributed by atoms with Crippen molar-refractivity contribution in [2.24, 2.45) is 7.05 Å². The molecule has 0 spiro atoms. The Kier molecular flexibility index (Phi) is 5.46. The van der Waals surface area contributed by atoms with E-state index in [1.165, 1.54) is 0 Å². The number of nitrogens with zero attached hydrogens (tertiary/aromatic N) is 3. The van der Waals surface area contributed by atoms with E-state index < -0.39 is 10.0 Å². The summed E-state index contributed by atoms with van der Waals surface area (Å²) >= 11 is 0. The number of hydrogen-bond donors (Lipinski definition) is 1. The predicted molar refractivity (Wildman–Crippen MR) is 91.1 cm³/mol. The summed E-state index contributed by atoms with van der Waals surface area (Å²) in [7, 11) is -1.66. The van der Waals surface area contributed by atoms with Gasteiger partial charge in [-0.25, -0.2) is 13.4 Å². The van der Waals surface area contributed by atoms with Crippen molar-refractivity contribution in [1.82, 2.24) is 19.2 Å². The number of aromatic nitrogens is 2. The summed E-state index contributed by atoms with van der Waals surface area (Å²) in [6.45, 7) is 3.47. The highest BCUT2D eigenvalue weighted by Crippen LogP contribution is 2.29. The van der Waals surface area contributed by atoms with Gasteiger partial charge >= 0.3 is 0 Å². The molecule has 1 fully saturated rings. The molecule has 1 saturated heterocycles. The number of rotatable bonds is 3. The quantitative estimate of drug-likeness (QED) is 0.904. The molecule has 3 rings (SSSR count). The molecule has 1 unspecified atom stereocenters. The summed E-state index contributed by atoms with van der Waals surface area (Å²) in [4.78, 5) is 4.71. The molecule has 0 aliphatic carbocycles. The van der Waals surface area contributed by atoms with Crippen molar-refractivity contribution in [3.8, 4) is 0 Å². The molecule has 1 N–H and O–H groups in total. The number of benzene rings is 1. The number of piperazine rings is 1. The maximum Gasteiger partial charge on any atom is 0.244 e. The van der Waals surface area contributed by atoms with Crippen molar-refractivity contribution in [3.63, 3.8) is 0 Å². The average Bonchev–Trinajstić information content (AvgIpc) is 2.93. The molecule has 1 aliphatic heterocycles. The third-order valence-corrected chi connectivity index (χ3v) is 6.10. The number of sulfonamides is 1. The van der Waals surface area contributed by atoms with Gasteiger partial charge in [0.25, 0.3) is 0 Å². The van der Waals surface area contributed by atoms with Gasteiger partial charge in [-0.3, -0.25) is 0 Å². The molecule has 6 nitrogen and oxygen atoms in total. The number of imidazole rings is 1. The highest BCUT2D eigenvalue weighted by Gasteiger charge is 2.36. The second-order valence-electron chi connectivity index (χ2n) is 5.50.